The number of anilines is 1. The summed E-state index contributed by atoms with van der Waals surface area (Å²) >= 11 is 0. The van der Waals surface area contributed by atoms with E-state index < -0.39 is 12.3 Å². The molecule has 8 nitrogen and oxygen atoms in total. The van der Waals surface area contributed by atoms with E-state index in [-0.39, 0.29) is 23.8 Å². The maximum absolute atomic E-state index is 11.2. The topological polar surface area (TPSA) is 103 Å². The molecule has 1 rings (SSSR count). The van der Waals surface area contributed by atoms with Gasteiger partial charge in [-0.2, -0.15) is 5.10 Å². The molecule has 0 aliphatic heterocycles. The molecule has 20 heavy (non-hydrogen) atoms. The van der Waals surface area contributed by atoms with Crippen molar-refractivity contribution in [1.82, 2.24) is 9.78 Å². The van der Waals surface area contributed by atoms with Gasteiger partial charge in [-0.05, 0) is 13.8 Å². The molecule has 0 fully saturated rings. The highest BCUT2D eigenvalue weighted by Gasteiger charge is 2.20. The molecule has 0 aromatic carbocycles. The second kappa shape index (κ2) is 7.61. The monoisotopic (exact) mass is 285 g/mol. The number of nitrogens with zero attached hydrogens (tertiary/aromatic N) is 2. The average molecular weight is 285 g/mol. The second-order valence-electron chi connectivity index (χ2n) is 3.92. The standard InChI is InChI=1S/C12H19N3O5/c1-4-19-10(20-5-2)7-15-11(14-8(3)16)9(6-13-15)12(17)18/h6,10H,4-5,7H2,1-3H3,(H,14,16)(H,17,18). The van der Waals surface area contributed by atoms with Crippen LogP contribution >= 0.6 is 0 Å². The normalized spacial score (nSPS) is 10.8. The number of nitrogens with one attached hydrogen (secondary N) is 1. The summed E-state index contributed by atoms with van der Waals surface area (Å²) in [6.07, 6.45) is 0.627. The first kappa shape index (κ1) is 16.1. The first-order chi connectivity index (χ1) is 9.49. The molecule has 2 N–H and O–H groups in total. The lowest BCUT2D eigenvalue weighted by atomic mass is 10.3. The molecule has 0 spiro atoms. The van der Waals surface area contributed by atoms with Crippen molar-refractivity contribution in [3.8, 4) is 0 Å². The predicted molar refractivity (Wildman–Crippen MR) is 70.5 cm³/mol. The van der Waals surface area contributed by atoms with Crippen LogP contribution in [0.5, 0.6) is 0 Å². The number of hydrogen-bond acceptors (Lipinski definition) is 5. The zero-order chi connectivity index (χ0) is 15.1. The van der Waals surface area contributed by atoms with Crippen LogP contribution in [0, 0.1) is 0 Å². The van der Waals surface area contributed by atoms with Gasteiger partial charge in [0.05, 0.1) is 12.7 Å². The average Bonchev–Trinajstić information content (AvgIpc) is 2.72. The number of aromatic carboxylic acids is 1. The molecular weight excluding hydrogens is 266 g/mol. The van der Waals surface area contributed by atoms with Crippen LogP contribution in [0.4, 0.5) is 5.82 Å². The highest BCUT2D eigenvalue weighted by molar-refractivity contribution is 5.98. The summed E-state index contributed by atoms with van der Waals surface area (Å²) < 4.78 is 12.1. The van der Waals surface area contributed by atoms with Crippen LogP contribution in [0.2, 0.25) is 0 Å². The van der Waals surface area contributed by atoms with Crippen molar-refractivity contribution in [3.05, 3.63) is 11.8 Å². The zero-order valence-corrected chi connectivity index (χ0v) is 11.8. The molecule has 0 radical (unpaired) electrons. The SMILES string of the molecule is CCOC(Cn1ncc(C(=O)O)c1NC(C)=O)OCC. The largest absolute Gasteiger partial charge is 0.477 e. The van der Waals surface area contributed by atoms with E-state index in [0.29, 0.717) is 13.2 Å². The van der Waals surface area contributed by atoms with E-state index in [1.807, 2.05) is 13.8 Å². The van der Waals surface area contributed by atoms with Crippen LogP contribution in [0.25, 0.3) is 0 Å². The van der Waals surface area contributed by atoms with Crippen molar-refractivity contribution in [3.63, 3.8) is 0 Å². The third-order valence-electron chi connectivity index (χ3n) is 2.39. The first-order valence-corrected chi connectivity index (χ1v) is 6.29. The molecule has 8 heteroatoms. The molecule has 0 saturated heterocycles. The van der Waals surface area contributed by atoms with Gasteiger partial charge >= 0.3 is 5.97 Å². The summed E-state index contributed by atoms with van der Waals surface area (Å²) in [6.45, 7) is 6.04. The molecule has 0 unspecified atom stereocenters. The maximum Gasteiger partial charge on any atom is 0.341 e. The van der Waals surface area contributed by atoms with Crippen molar-refractivity contribution in [2.24, 2.45) is 0 Å². The quantitative estimate of drug-likeness (QED) is 0.689. The van der Waals surface area contributed by atoms with E-state index in [0.717, 1.165) is 0 Å². The van der Waals surface area contributed by atoms with Crippen molar-refractivity contribution in [1.29, 1.82) is 0 Å². The lowest BCUT2D eigenvalue weighted by Gasteiger charge is -2.18. The van der Waals surface area contributed by atoms with Gasteiger partial charge in [-0.25, -0.2) is 9.48 Å². The van der Waals surface area contributed by atoms with Gasteiger partial charge in [-0.3, -0.25) is 4.79 Å². The molecule has 0 atom stereocenters. The van der Waals surface area contributed by atoms with Crippen LogP contribution in [-0.2, 0) is 20.8 Å². The van der Waals surface area contributed by atoms with Crippen molar-refractivity contribution in [2.75, 3.05) is 18.5 Å². The Kier molecular flexibility index (Phi) is 6.13. The molecule has 0 aliphatic carbocycles. The second-order valence-corrected chi connectivity index (χ2v) is 3.92. The van der Waals surface area contributed by atoms with E-state index in [1.54, 1.807) is 0 Å². The Labute approximate surface area is 116 Å². The molecular formula is C12H19N3O5. The highest BCUT2D eigenvalue weighted by atomic mass is 16.7. The molecule has 0 saturated carbocycles. The summed E-state index contributed by atoms with van der Waals surface area (Å²) in [6, 6.07) is 0. The molecule has 1 amide bonds. The zero-order valence-electron chi connectivity index (χ0n) is 11.8. The van der Waals surface area contributed by atoms with E-state index in [1.165, 1.54) is 17.8 Å². The van der Waals surface area contributed by atoms with Crippen molar-refractivity contribution < 1.29 is 24.2 Å². The first-order valence-electron chi connectivity index (χ1n) is 6.29. The van der Waals surface area contributed by atoms with Gasteiger partial charge in [0.2, 0.25) is 5.91 Å². The lowest BCUT2D eigenvalue weighted by molar-refractivity contribution is -0.144. The fraction of sp³-hybridized carbons (Fsp3) is 0.583. The number of carboxylic acids is 1. The van der Waals surface area contributed by atoms with Gasteiger partial charge in [0, 0.05) is 20.1 Å². The van der Waals surface area contributed by atoms with Crippen LogP contribution < -0.4 is 5.32 Å². The summed E-state index contributed by atoms with van der Waals surface area (Å²) in [7, 11) is 0. The summed E-state index contributed by atoms with van der Waals surface area (Å²) in [4.78, 5) is 22.3. The van der Waals surface area contributed by atoms with Gasteiger partial charge in [-0.1, -0.05) is 0 Å². The molecule has 1 aromatic heterocycles. The summed E-state index contributed by atoms with van der Waals surface area (Å²) in [5.74, 6) is -1.42. The van der Waals surface area contributed by atoms with E-state index >= 15 is 0 Å². The van der Waals surface area contributed by atoms with Gasteiger partial charge in [0.15, 0.2) is 6.29 Å². The van der Waals surface area contributed by atoms with E-state index in [9.17, 15) is 9.59 Å². The lowest BCUT2D eigenvalue weighted by Crippen LogP contribution is -2.26. The Morgan fingerprint density at radius 2 is 2.00 bits per heavy atom. The Balaban J connectivity index is 2.97. The van der Waals surface area contributed by atoms with Crippen LogP contribution in [0.1, 0.15) is 31.1 Å². The number of ether oxygens (including phenoxy) is 2. The fourth-order valence-corrected chi connectivity index (χ4v) is 1.65. The van der Waals surface area contributed by atoms with Crippen molar-refractivity contribution >= 4 is 17.7 Å². The molecule has 0 bridgehead atoms. The molecule has 1 heterocycles. The summed E-state index contributed by atoms with van der Waals surface area (Å²) in [5.41, 5.74) is -0.0769. The third-order valence-corrected chi connectivity index (χ3v) is 2.39. The van der Waals surface area contributed by atoms with Gasteiger partial charge in [0.25, 0.3) is 0 Å². The predicted octanol–water partition coefficient (Wildman–Crippen LogP) is 0.939. The number of amides is 1. The van der Waals surface area contributed by atoms with Gasteiger partial charge in [-0.15, -0.1) is 0 Å². The van der Waals surface area contributed by atoms with E-state index in [4.69, 9.17) is 14.6 Å². The van der Waals surface area contributed by atoms with Crippen LogP contribution in [0.3, 0.4) is 0 Å². The Morgan fingerprint density at radius 3 is 2.45 bits per heavy atom. The minimum atomic E-state index is -1.16. The Bertz CT molecular complexity index is 466. The minimum absolute atomic E-state index is 0.0769. The molecule has 1 aromatic rings. The number of hydrogen-bond donors (Lipinski definition) is 2. The number of aromatic nitrogens is 2. The van der Waals surface area contributed by atoms with Gasteiger partial charge in [0.1, 0.15) is 11.4 Å². The number of carbonyl (C=O) groups excluding carboxylic acids is 1. The van der Waals surface area contributed by atoms with Crippen molar-refractivity contribution in [2.45, 2.75) is 33.6 Å². The number of rotatable bonds is 8. The van der Waals surface area contributed by atoms with E-state index in [2.05, 4.69) is 10.4 Å². The fourth-order valence-electron chi connectivity index (χ4n) is 1.65. The van der Waals surface area contributed by atoms with Crippen LogP contribution in [-0.4, -0.2) is 46.3 Å². The number of carbonyl (C=O) groups is 2. The third kappa shape index (κ3) is 4.32. The number of carboxylic acid groups (broad SMARTS) is 1. The highest BCUT2D eigenvalue weighted by Crippen LogP contribution is 2.16. The van der Waals surface area contributed by atoms with Crippen LogP contribution in [0.15, 0.2) is 6.20 Å². The smallest absolute Gasteiger partial charge is 0.341 e. The molecule has 112 valence electrons. The molecule has 0 aliphatic rings. The minimum Gasteiger partial charge on any atom is -0.477 e. The summed E-state index contributed by atoms with van der Waals surface area (Å²) in [5, 5.41) is 15.5. The van der Waals surface area contributed by atoms with Gasteiger partial charge < -0.3 is 19.9 Å². The maximum atomic E-state index is 11.2. The Morgan fingerprint density at radius 1 is 1.40 bits per heavy atom. The Hall–Kier alpha value is -1.93.